The third-order valence-electron chi connectivity index (χ3n) is 7.61. The number of rotatable bonds is 13. The van der Waals surface area contributed by atoms with Crippen LogP contribution in [0.1, 0.15) is 37.0 Å². The van der Waals surface area contributed by atoms with Gasteiger partial charge in [0.2, 0.25) is 11.8 Å². The van der Waals surface area contributed by atoms with Crippen molar-refractivity contribution in [2.75, 3.05) is 10.8 Å². The van der Waals surface area contributed by atoms with E-state index in [1.54, 1.807) is 30.3 Å². The Kier molecular flexibility index (Phi) is 11.9. The van der Waals surface area contributed by atoms with Gasteiger partial charge in [-0.2, -0.15) is 13.2 Å². The number of carbonyl (C=O) groups is 2. The minimum Gasteiger partial charge on any atom is -0.352 e. The van der Waals surface area contributed by atoms with Crippen molar-refractivity contribution in [1.29, 1.82) is 0 Å². The second-order valence-corrected chi connectivity index (χ2v) is 13.8. The molecule has 2 amide bonds. The third-order valence-corrected chi connectivity index (χ3v) is 9.93. The Labute approximate surface area is 281 Å². The molecule has 1 N–H and O–H groups in total. The van der Waals surface area contributed by atoms with Gasteiger partial charge in [0.1, 0.15) is 12.6 Å². The van der Waals surface area contributed by atoms with Gasteiger partial charge in [0.15, 0.2) is 0 Å². The summed E-state index contributed by atoms with van der Waals surface area (Å²) in [7, 11) is -4.54. The number of hydrogen-bond acceptors (Lipinski definition) is 4. The molecule has 0 aromatic heterocycles. The zero-order chi connectivity index (χ0) is 34.2. The summed E-state index contributed by atoms with van der Waals surface area (Å²) >= 11 is 3.40. The van der Waals surface area contributed by atoms with E-state index < -0.39 is 46.2 Å². The average molecular weight is 731 g/mol. The lowest BCUT2D eigenvalue weighted by molar-refractivity contribution is -0.140. The summed E-state index contributed by atoms with van der Waals surface area (Å²) in [5.41, 5.74) is 0.00568. The molecule has 0 spiro atoms. The van der Waals surface area contributed by atoms with Gasteiger partial charge in [-0.05, 0) is 66.9 Å². The number of alkyl halides is 3. The standard InChI is InChI=1S/C35H35BrF3N3O4S/c1-3-25(2)40-34(44)32(21-26-11-6-4-7-12-26)41(23-27-17-19-29(36)20-18-27)33(43)24-42(47(45,46)31-15-8-5-9-16-31)30-14-10-13-28(22-30)35(37,38)39/h4-20,22,25,32H,3,21,23-24H2,1-2H3,(H,40,44)/t25-,32+/m1/s1. The summed E-state index contributed by atoms with van der Waals surface area (Å²) in [6, 6.07) is 25.9. The van der Waals surface area contributed by atoms with Crippen molar-refractivity contribution in [3.8, 4) is 0 Å². The number of nitrogens with zero attached hydrogens (tertiary/aromatic N) is 2. The molecule has 0 aliphatic carbocycles. The van der Waals surface area contributed by atoms with Crippen molar-refractivity contribution < 1.29 is 31.2 Å². The topological polar surface area (TPSA) is 86.8 Å². The molecule has 12 heteroatoms. The van der Waals surface area contributed by atoms with Crippen molar-refractivity contribution in [2.24, 2.45) is 0 Å². The molecule has 2 atom stereocenters. The van der Waals surface area contributed by atoms with Crippen LogP contribution in [0.25, 0.3) is 0 Å². The summed E-state index contributed by atoms with van der Waals surface area (Å²) in [5, 5.41) is 2.95. The van der Waals surface area contributed by atoms with E-state index in [-0.39, 0.29) is 29.6 Å². The number of carbonyl (C=O) groups excluding carboxylic acids is 2. The van der Waals surface area contributed by atoms with Gasteiger partial charge in [-0.1, -0.05) is 89.6 Å². The van der Waals surface area contributed by atoms with Gasteiger partial charge in [0.25, 0.3) is 10.0 Å². The van der Waals surface area contributed by atoms with Crippen LogP contribution in [0.15, 0.2) is 119 Å². The van der Waals surface area contributed by atoms with Gasteiger partial charge in [-0.25, -0.2) is 8.42 Å². The zero-order valence-electron chi connectivity index (χ0n) is 25.8. The molecule has 0 aliphatic rings. The van der Waals surface area contributed by atoms with Gasteiger partial charge in [0.05, 0.1) is 16.1 Å². The molecule has 0 saturated heterocycles. The molecule has 4 rings (SSSR count). The predicted octanol–water partition coefficient (Wildman–Crippen LogP) is 7.22. The molecule has 0 saturated carbocycles. The minimum atomic E-state index is -4.76. The number of nitrogens with one attached hydrogen (secondary N) is 1. The number of hydrogen-bond donors (Lipinski definition) is 1. The van der Waals surface area contributed by atoms with Gasteiger partial charge in [0, 0.05) is 23.5 Å². The lowest BCUT2D eigenvalue weighted by Crippen LogP contribution is -2.54. The van der Waals surface area contributed by atoms with E-state index in [2.05, 4.69) is 21.2 Å². The van der Waals surface area contributed by atoms with Crippen LogP contribution in [0, 0.1) is 0 Å². The Morgan fingerprint density at radius 2 is 1.47 bits per heavy atom. The van der Waals surface area contributed by atoms with Crippen molar-refractivity contribution in [3.63, 3.8) is 0 Å². The third kappa shape index (κ3) is 9.45. The minimum absolute atomic E-state index is 0.0701. The highest BCUT2D eigenvalue weighted by atomic mass is 79.9. The Balaban J connectivity index is 1.84. The summed E-state index contributed by atoms with van der Waals surface area (Å²) in [6.07, 6.45) is -4.02. The Bertz CT molecular complexity index is 1760. The first kappa shape index (κ1) is 35.7. The molecule has 0 heterocycles. The van der Waals surface area contributed by atoms with Gasteiger partial charge in [-0.15, -0.1) is 0 Å². The average Bonchev–Trinajstić information content (AvgIpc) is 3.06. The summed E-state index contributed by atoms with van der Waals surface area (Å²) in [5.74, 6) is -1.21. The highest BCUT2D eigenvalue weighted by Gasteiger charge is 2.36. The van der Waals surface area contributed by atoms with Crippen LogP contribution >= 0.6 is 15.9 Å². The van der Waals surface area contributed by atoms with E-state index in [1.165, 1.54) is 35.2 Å². The molecule has 0 radical (unpaired) electrons. The number of anilines is 1. The number of sulfonamides is 1. The lowest BCUT2D eigenvalue weighted by atomic mass is 10.0. The summed E-state index contributed by atoms with van der Waals surface area (Å²) in [4.78, 5) is 29.4. The molecule has 4 aromatic carbocycles. The van der Waals surface area contributed by atoms with Crippen molar-refractivity contribution in [2.45, 2.75) is 56.4 Å². The fourth-order valence-corrected chi connectivity index (χ4v) is 6.56. The molecule has 248 valence electrons. The van der Waals surface area contributed by atoms with Crippen LogP contribution in [-0.2, 0) is 38.8 Å². The van der Waals surface area contributed by atoms with Crippen LogP contribution < -0.4 is 9.62 Å². The fraction of sp³-hybridized carbons (Fsp3) is 0.257. The Hall–Kier alpha value is -4.16. The molecule has 47 heavy (non-hydrogen) atoms. The van der Waals surface area contributed by atoms with Gasteiger partial charge < -0.3 is 10.2 Å². The molecule has 0 fully saturated rings. The van der Waals surface area contributed by atoms with E-state index in [0.717, 1.165) is 22.2 Å². The molecule has 7 nitrogen and oxygen atoms in total. The monoisotopic (exact) mass is 729 g/mol. The maximum Gasteiger partial charge on any atom is 0.416 e. The second-order valence-electron chi connectivity index (χ2n) is 11.0. The highest BCUT2D eigenvalue weighted by Crippen LogP contribution is 2.33. The van der Waals surface area contributed by atoms with Crippen LogP contribution in [0.4, 0.5) is 18.9 Å². The van der Waals surface area contributed by atoms with Crippen LogP contribution in [-0.4, -0.2) is 43.8 Å². The van der Waals surface area contributed by atoms with Crippen molar-refractivity contribution in [1.82, 2.24) is 10.2 Å². The highest BCUT2D eigenvalue weighted by molar-refractivity contribution is 9.10. The number of benzene rings is 4. The van der Waals surface area contributed by atoms with E-state index >= 15 is 0 Å². The maximum atomic E-state index is 14.5. The summed E-state index contributed by atoms with van der Waals surface area (Å²) < 4.78 is 70.8. The molecule has 0 bridgehead atoms. The Morgan fingerprint density at radius 1 is 0.851 bits per heavy atom. The van der Waals surface area contributed by atoms with Crippen LogP contribution in [0.3, 0.4) is 0 Å². The maximum absolute atomic E-state index is 14.5. The van der Waals surface area contributed by atoms with E-state index in [1.807, 2.05) is 44.2 Å². The molecular weight excluding hydrogens is 695 g/mol. The lowest BCUT2D eigenvalue weighted by Gasteiger charge is -2.34. The van der Waals surface area contributed by atoms with Crippen LogP contribution in [0.5, 0.6) is 0 Å². The van der Waals surface area contributed by atoms with Gasteiger partial charge in [-0.3, -0.25) is 13.9 Å². The fourth-order valence-electron chi connectivity index (χ4n) is 4.87. The number of halogens is 4. The molecule has 0 unspecified atom stereocenters. The van der Waals surface area contributed by atoms with E-state index in [4.69, 9.17) is 0 Å². The quantitative estimate of drug-likeness (QED) is 0.158. The second kappa shape index (κ2) is 15.6. The molecule has 4 aromatic rings. The molecular formula is C35H35BrF3N3O4S. The van der Waals surface area contributed by atoms with Crippen molar-refractivity contribution in [3.05, 3.63) is 130 Å². The first-order valence-corrected chi connectivity index (χ1v) is 17.2. The van der Waals surface area contributed by atoms with Crippen LogP contribution in [0.2, 0.25) is 0 Å². The number of amides is 2. The van der Waals surface area contributed by atoms with E-state index in [0.29, 0.717) is 22.4 Å². The van der Waals surface area contributed by atoms with Crippen molar-refractivity contribution >= 4 is 43.5 Å². The zero-order valence-corrected chi connectivity index (χ0v) is 28.2. The smallest absolute Gasteiger partial charge is 0.352 e. The molecule has 0 aliphatic heterocycles. The van der Waals surface area contributed by atoms with Gasteiger partial charge >= 0.3 is 6.18 Å². The predicted molar refractivity (Wildman–Crippen MR) is 179 cm³/mol. The first-order valence-electron chi connectivity index (χ1n) is 14.9. The Morgan fingerprint density at radius 3 is 2.06 bits per heavy atom. The first-order chi connectivity index (χ1) is 22.3. The summed E-state index contributed by atoms with van der Waals surface area (Å²) in [6.45, 7) is 2.81. The largest absolute Gasteiger partial charge is 0.416 e. The normalized spacial score (nSPS) is 13.0. The SMILES string of the molecule is CC[C@@H](C)NC(=O)[C@H](Cc1ccccc1)N(Cc1ccc(Br)cc1)C(=O)CN(c1cccc(C(F)(F)F)c1)S(=O)(=O)c1ccccc1. The van der Waals surface area contributed by atoms with E-state index in [9.17, 15) is 31.2 Å².